The summed E-state index contributed by atoms with van der Waals surface area (Å²) in [5, 5.41) is 2.24. The first-order valence-corrected chi connectivity index (χ1v) is 11.8. The van der Waals surface area contributed by atoms with Gasteiger partial charge in [-0.1, -0.05) is 23.9 Å². The molecule has 1 aliphatic rings. The molecule has 2 amide bonds. The first-order valence-electron chi connectivity index (χ1n) is 10.9. The number of nitrogens with zero attached hydrogens (tertiary/aromatic N) is 2. The third kappa shape index (κ3) is 6.14. The molecule has 0 aliphatic carbocycles. The number of halogens is 2. The normalized spacial score (nSPS) is 16.6. The molecule has 0 bridgehead atoms. The minimum absolute atomic E-state index is 0.0830. The highest BCUT2D eigenvalue weighted by molar-refractivity contribution is 8.15. The Hall–Kier alpha value is -4.05. The van der Waals surface area contributed by atoms with Gasteiger partial charge in [0.2, 0.25) is 11.8 Å². The average molecular weight is 510 g/mol. The maximum atomic E-state index is 13.4. The molecule has 0 spiro atoms. The van der Waals surface area contributed by atoms with Crippen molar-refractivity contribution in [2.24, 2.45) is 4.99 Å². The number of hydrogen-bond donors (Lipinski definition) is 1. The Morgan fingerprint density at radius 1 is 1.00 bits per heavy atom. The summed E-state index contributed by atoms with van der Waals surface area (Å²) in [7, 11) is 1.28. The number of aliphatic imine (C=N–C) groups is 1. The van der Waals surface area contributed by atoms with E-state index in [1.54, 1.807) is 24.3 Å². The summed E-state index contributed by atoms with van der Waals surface area (Å²) >= 11 is 1.10. The van der Waals surface area contributed by atoms with Gasteiger partial charge in [0.15, 0.2) is 5.17 Å². The Morgan fingerprint density at radius 3 is 2.22 bits per heavy atom. The predicted molar refractivity (Wildman–Crippen MR) is 133 cm³/mol. The second-order valence-corrected chi connectivity index (χ2v) is 9.02. The number of rotatable bonds is 6. The molecule has 1 fully saturated rings. The number of anilines is 1. The van der Waals surface area contributed by atoms with Crippen LogP contribution in [0.2, 0.25) is 0 Å². The monoisotopic (exact) mass is 509 g/mol. The van der Waals surface area contributed by atoms with Crippen LogP contribution in [0.4, 0.5) is 20.2 Å². The van der Waals surface area contributed by atoms with Gasteiger partial charge in [-0.3, -0.25) is 14.5 Å². The lowest BCUT2D eigenvalue weighted by Gasteiger charge is -2.32. The number of nitrogens with one attached hydrogen (secondary N) is 1. The number of methoxy groups -OCH3 is 1. The number of hydrogen-bond acceptors (Lipinski definition) is 6. The third-order valence-corrected chi connectivity index (χ3v) is 6.50. The van der Waals surface area contributed by atoms with E-state index in [-0.39, 0.29) is 24.0 Å². The van der Waals surface area contributed by atoms with Crippen LogP contribution >= 0.6 is 11.8 Å². The van der Waals surface area contributed by atoms with Crippen LogP contribution in [-0.4, -0.2) is 40.2 Å². The number of thioether (sulfide) groups is 1. The summed E-state index contributed by atoms with van der Waals surface area (Å²) in [5.74, 6) is -2.06. The molecule has 10 heteroatoms. The Labute approximate surface area is 210 Å². The van der Waals surface area contributed by atoms with Crippen molar-refractivity contribution in [1.82, 2.24) is 4.90 Å². The lowest BCUT2D eigenvalue weighted by Crippen LogP contribution is -2.44. The van der Waals surface area contributed by atoms with Gasteiger partial charge in [0.25, 0.3) is 0 Å². The number of carbonyl (C=O) groups is 3. The molecule has 1 atom stereocenters. The molecule has 1 heterocycles. The van der Waals surface area contributed by atoms with E-state index < -0.39 is 28.8 Å². The zero-order chi connectivity index (χ0) is 25.7. The van der Waals surface area contributed by atoms with Gasteiger partial charge >= 0.3 is 5.97 Å². The van der Waals surface area contributed by atoms with Crippen LogP contribution < -0.4 is 5.32 Å². The summed E-state index contributed by atoms with van der Waals surface area (Å²) in [6.45, 7) is 0.134. The number of esters is 1. The van der Waals surface area contributed by atoms with Crippen molar-refractivity contribution in [3.8, 4) is 0 Å². The van der Waals surface area contributed by atoms with Crippen molar-refractivity contribution in [2.75, 3.05) is 12.4 Å². The van der Waals surface area contributed by atoms with E-state index in [4.69, 9.17) is 0 Å². The molecule has 1 aliphatic heterocycles. The number of ether oxygens (including phenoxy) is 1. The lowest BCUT2D eigenvalue weighted by atomic mass is 10.1. The van der Waals surface area contributed by atoms with Crippen LogP contribution in [0.25, 0.3) is 0 Å². The molecule has 1 unspecified atom stereocenters. The van der Waals surface area contributed by atoms with Gasteiger partial charge in [0.1, 0.15) is 16.9 Å². The van der Waals surface area contributed by atoms with Crippen molar-refractivity contribution < 1.29 is 27.9 Å². The molecule has 0 radical (unpaired) electrons. The molecule has 3 aromatic carbocycles. The lowest BCUT2D eigenvalue weighted by molar-refractivity contribution is -0.129. The number of carbonyl (C=O) groups excluding carboxylic acids is 3. The molecule has 0 aromatic heterocycles. The smallest absolute Gasteiger partial charge is 0.337 e. The third-order valence-electron chi connectivity index (χ3n) is 5.31. The summed E-state index contributed by atoms with van der Waals surface area (Å²) < 4.78 is 31.4. The fraction of sp³-hybridized carbons (Fsp3) is 0.154. The van der Waals surface area contributed by atoms with E-state index in [9.17, 15) is 23.2 Å². The Balaban J connectivity index is 1.55. The Kier molecular flexibility index (Phi) is 7.74. The van der Waals surface area contributed by atoms with Gasteiger partial charge in [0, 0.05) is 12.1 Å². The predicted octanol–water partition coefficient (Wildman–Crippen LogP) is 4.91. The van der Waals surface area contributed by atoms with E-state index >= 15 is 0 Å². The SMILES string of the molecule is COC(=O)c1ccc(NC(=O)C2CC(=O)N(Cc3ccc(F)cc3)C(=Nc3ccc(F)cc3)S2)cc1. The summed E-state index contributed by atoms with van der Waals surface area (Å²) in [4.78, 5) is 43.6. The summed E-state index contributed by atoms with van der Waals surface area (Å²) in [5.41, 5.74) is 1.88. The zero-order valence-electron chi connectivity index (χ0n) is 19.1. The summed E-state index contributed by atoms with van der Waals surface area (Å²) in [6, 6.07) is 17.3. The number of amidine groups is 1. The molecule has 1 saturated heterocycles. The van der Waals surface area contributed by atoms with Crippen molar-refractivity contribution in [3.05, 3.63) is 95.6 Å². The Bertz CT molecular complexity index is 1300. The first kappa shape index (κ1) is 25.1. The highest BCUT2D eigenvalue weighted by atomic mass is 32.2. The average Bonchev–Trinajstić information content (AvgIpc) is 2.88. The van der Waals surface area contributed by atoms with Crippen molar-refractivity contribution in [1.29, 1.82) is 0 Å². The molecular formula is C26H21F2N3O4S. The largest absolute Gasteiger partial charge is 0.465 e. The molecular weight excluding hydrogens is 488 g/mol. The highest BCUT2D eigenvalue weighted by Crippen LogP contribution is 2.31. The molecule has 0 saturated carbocycles. The second-order valence-electron chi connectivity index (χ2n) is 7.85. The molecule has 3 aromatic rings. The maximum absolute atomic E-state index is 13.4. The number of amides is 2. The van der Waals surface area contributed by atoms with E-state index in [2.05, 4.69) is 15.0 Å². The van der Waals surface area contributed by atoms with E-state index in [0.717, 1.165) is 11.8 Å². The van der Waals surface area contributed by atoms with Crippen molar-refractivity contribution in [2.45, 2.75) is 18.2 Å². The standard InChI is InChI=1S/C26H21F2N3O4S/c1-35-25(34)17-4-10-20(11-5-17)29-24(33)22-14-23(32)31(15-16-2-6-18(27)7-3-16)26(36-22)30-21-12-8-19(28)9-13-21/h2-13,22H,14-15H2,1H3,(H,29,33). The fourth-order valence-electron chi connectivity index (χ4n) is 3.43. The van der Waals surface area contributed by atoms with Crippen LogP contribution in [0.5, 0.6) is 0 Å². The quantitative estimate of drug-likeness (QED) is 0.477. The highest BCUT2D eigenvalue weighted by Gasteiger charge is 2.36. The van der Waals surface area contributed by atoms with E-state index in [0.29, 0.717) is 22.5 Å². The van der Waals surface area contributed by atoms with Crippen LogP contribution in [-0.2, 0) is 20.9 Å². The molecule has 4 rings (SSSR count). The molecule has 36 heavy (non-hydrogen) atoms. The van der Waals surface area contributed by atoms with Crippen LogP contribution in [0.15, 0.2) is 77.8 Å². The maximum Gasteiger partial charge on any atom is 0.337 e. The van der Waals surface area contributed by atoms with Gasteiger partial charge in [-0.25, -0.2) is 18.6 Å². The van der Waals surface area contributed by atoms with Gasteiger partial charge < -0.3 is 10.1 Å². The van der Waals surface area contributed by atoms with Crippen molar-refractivity contribution >= 4 is 46.1 Å². The summed E-state index contributed by atoms with van der Waals surface area (Å²) in [6.07, 6.45) is -0.0830. The van der Waals surface area contributed by atoms with Gasteiger partial charge in [-0.15, -0.1) is 0 Å². The molecule has 184 valence electrons. The first-order chi connectivity index (χ1) is 17.3. The van der Waals surface area contributed by atoms with E-state index in [1.165, 1.54) is 60.5 Å². The number of benzene rings is 3. The molecule has 1 N–H and O–H groups in total. The minimum atomic E-state index is -0.776. The van der Waals surface area contributed by atoms with Gasteiger partial charge in [0.05, 0.1) is 24.9 Å². The van der Waals surface area contributed by atoms with Gasteiger partial charge in [-0.2, -0.15) is 0 Å². The van der Waals surface area contributed by atoms with Crippen LogP contribution in [0, 0.1) is 11.6 Å². The molecule has 7 nitrogen and oxygen atoms in total. The second kappa shape index (κ2) is 11.1. The topological polar surface area (TPSA) is 88.1 Å². The van der Waals surface area contributed by atoms with Crippen LogP contribution in [0.3, 0.4) is 0 Å². The van der Waals surface area contributed by atoms with E-state index in [1.807, 2.05) is 0 Å². The van der Waals surface area contributed by atoms with Gasteiger partial charge in [-0.05, 0) is 66.2 Å². The zero-order valence-corrected chi connectivity index (χ0v) is 19.9. The minimum Gasteiger partial charge on any atom is -0.465 e. The Morgan fingerprint density at radius 2 is 1.61 bits per heavy atom. The van der Waals surface area contributed by atoms with Crippen LogP contribution in [0.1, 0.15) is 22.3 Å². The van der Waals surface area contributed by atoms with Crippen molar-refractivity contribution in [3.63, 3.8) is 0 Å². The fourth-order valence-corrected chi connectivity index (χ4v) is 4.52.